The zero-order valence-corrected chi connectivity index (χ0v) is 18.2. The van der Waals surface area contributed by atoms with Gasteiger partial charge in [0.2, 0.25) is 0 Å². The first-order chi connectivity index (χ1) is 14.7. The summed E-state index contributed by atoms with van der Waals surface area (Å²) in [6, 6.07) is 24.1. The molecule has 1 N–H and O–H groups in total. The zero-order chi connectivity index (χ0) is 20.9. The molecule has 0 radical (unpaired) electrons. The van der Waals surface area contributed by atoms with Gasteiger partial charge < -0.3 is 4.74 Å². The SMILES string of the molecule is COc1cc(SC)ccc1C(=O)Nc1nc(-c2ccc(-c3ccccc3)cc2)cs1. The Balaban J connectivity index is 1.50. The van der Waals surface area contributed by atoms with Gasteiger partial charge in [-0.2, -0.15) is 0 Å². The van der Waals surface area contributed by atoms with Crippen LogP contribution in [-0.2, 0) is 0 Å². The number of hydrogen-bond acceptors (Lipinski definition) is 5. The molecule has 0 aliphatic carbocycles. The first kappa shape index (κ1) is 20.2. The fourth-order valence-corrected chi connectivity index (χ4v) is 4.22. The molecule has 150 valence electrons. The van der Waals surface area contributed by atoms with Crippen molar-refractivity contribution in [2.24, 2.45) is 0 Å². The monoisotopic (exact) mass is 432 g/mol. The topological polar surface area (TPSA) is 51.2 Å². The van der Waals surface area contributed by atoms with E-state index in [-0.39, 0.29) is 5.91 Å². The lowest BCUT2D eigenvalue weighted by molar-refractivity contribution is 0.102. The van der Waals surface area contributed by atoms with Crippen molar-refractivity contribution in [1.82, 2.24) is 4.98 Å². The van der Waals surface area contributed by atoms with Gasteiger partial charge in [0.15, 0.2) is 5.13 Å². The standard InChI is InChI=1S/C24H20N2O2S2/c1-28-22-14-19(29-2)12-13-20(22)23(27)26-24-25-21(15-30-24)18-10-8-17(9-11-18)16-6-4-3-5-7-16/h3-15H,1-2H3,(H,25,26,27). The second kappa shape index (κ2) is 9.15. The third kappa shape index (κ3) is 4.40. The molecule has 0 aliphatic rings. The van der Waals surface area contributed by atoms with Crippen molar-refractivity contribution >= 4 is 34.1 Å². The molecule has 0 spiro atoms. The number of thiazole rings is 1. The Hall–Kier alpha value is -3.09. The normalized spacial score (nSPS) is 10.6. The van der Waals surface area contributed by atoms with Crippen molar-refractivity contribution in [3.63, 3.8) is 0 Å². The van der Waals surface area contributed by atoms with Gasteiger partial charge in [-0.25, -0.2) is 4.98 Å². The van der Waals surface area contributed by atoms with E-state index >= 15 is 0 Å². The van der Waals surface area contributed by atoms with E-state index in [0.29, 0.717) is 16.4 Å². The summed E-state index contributed by atoms with van der Waals surface area (Å²) in [7, 11) is 1.57. The second-order valence-electron chi connectivity index (χ2n) is 6.50. The molecule has 0 saturated carbocycles. The van der Waals surface area contributed by atoms with Crippen LogP contribution in [0, 0.1) is 0 Å². The predicted molar refractivity (Wildman–Crippen MR) is 126 cm³/mol. The van der Waals surface area contributed by atoms with Crippen LogP contribution in [0.2, 0.25) is 0 Å². The highest BCUT2D eigenvalue weighted by molar-refractivity contribution is 7.98. The summed E-state index contributed by atoms with van der Waals surface area (Å²) in [6.45, 7) is 0. The minimum absolute atomic E-state index is 0.236. The van der Waals surface area contributed by atoms with Gasteiger partial charge in [-0.1, -0.05) is 54.6 Å². The van der Waals surface area contributed by atoms with Crippen LogP contribution in [0.4, 0.5) is 5.13 Å². The van der Waals surface area contributed by atoms with Crippen LogP contribution in [-0.4, -0.2) is 24.3 Å². The van der Waals surface area contributed by atoms with E-state index in [2.05, 4.69) is 34.6 Å². The quantitative estimate of drug-likeness (QED) is 0.355. The molecule has 0 aliphatic heterocycles. The molecule has 4 nitrogen and oxygen atoms in total. The lowest BCUT2D eigenvalue weighted by Gasteiger charge is -2.09. The molecule has 0 bridgehead atoms. The maximum Gasteiger partial charge on any atom is 0.261 e. The van der Waals surface area contributed by atoms with Crippen LogP contribution in [0.1, 0.15) is 10.4 Å². The number of carbonyl (C=O) groups excluding carboxylic acids is 1. The molecule has 0 unspecified atom stereocenters. The number of rotatable bonds is 6. The molecule has 0 saturated heterocycles. The molecule has 4 rings (SSSR count). The summed E-state index contributed by atoms with van der Waals surface area (Å²) in [5, 5.41) is 5.38. The maximum atomic E-state index is 12.7. The number of nitrogens with zero attached hydrogens (tertiary/aromatic N) is 1. The van der Waals surface area contributed by atoms with Gasteiger partial charge in [0.05, 0.1) is 18.4 Å². The molecular weight excluding hydrogens is 412 g/mol. The van der Waals surface area contributed by atoms with Gasteiger partial charge in [-0.3, -0.25) is 10.1 Å². The fraction of sp³-hybridized carbons (Fsp3) is 0.0833. The third-order valence-electron chi connectivity index (χ3n) is 4.67. The van der Waals surface area contributed by atoms with Gasteiger partial charge in [0.1, 0.15) is 5.75 Å². The highest BCUT2D eigenvalue weighted by atomic mass is 32.2. The van der Waals surface area contributed by atoms with Crippen LogP contribution in [0.15, 0.2) is 83.1 Å². The van der Waals surface area contributed by atoms with E-state index in [0.717, 1.165) is 21.7 Å². The Morgan fingerprint density at radius 1 is 0.967 bits per heavy atom. The number of nitrogens with one attached hydrogen (secondary N) is 1. The first-order valence-electron chi connectivity index (χ1n) is 9.32. The second-order valence-corrected chi connectivity index (χ2v) is 8.24. The Morgan fingerprint density at radius 3 is 2.37 bits per heavy atom. The third-order valence-corrected chi connectivity index (χ3v) is 6.15. The van der Waals surface area contributed by atoms with E-state index in [1.54, 1.807) is 24.9 Å². The summed E-state index contributed by atoms with van der Waals surface area (Å²) in [6.07, 6.45) is 1.98. The number of amides is 1. The van der Waals surface area contributed by atoms with Crippen molar-refractivity contribution in [3.05, 3.63) is 83.7 Å². The average Bonchev–Trinajstić information content (AvgIpc) is 3.27. The molecule has 1 heterocycles. The number of hydrogen-bond donors (Lipinski definition) is 1. The van der Waals surface area contributed by atoms with E-state index in [1.165, 1.54) is 16.9 Å². The van der Waals surface area contributed by atoms with Gasteiger partial charge >= 0.3 is 0 Å². The molecule has 6 heteroatoms. The number of benzene rings is 3. The van der Waals surface area contributed by atoms with Gasteiger partial charge in [-0.15, -0.1) is 23.1 Å². The Kier molecular flexibility index (Phi) is 6.16. The summed E-state index contributed by atoms with van der Waals surface area (Å²) < 4.78 is 5.38. The van der Waals surface area contributed by atoms with E-state index in [1.807, 2.05) is 54.1 Å². The highest BCUT2D eigenvalue weighted by Gasteiger charge is 2.15. The maximum absolute atomic E-state index is 12.7. The molecule has 1 aromatic heterocycles. The summed E-state index contributed by atoms with van der Waals surface area (Å²) in [4.78, 5) is 18.3. The minimum Gasteiger partial charge on any atom is -0.496 e. The largest absolute Gasteiger partial charge is 0.496 e. The summed E-state index contributed by atoms with van der Waals surface area (Å²) in [5.41, 5.74) is 4.66. The van der Waals surface area contributed by atoms with Crippen LogP contribution >= 0.6 is 23.1 Å². The summed E-state index contributed by atoms with van der Waals surface area (Å²) >= 11 is 3.00. The van der Waals surface area contributed by atoms with E-state index < -0.39 is 0 Å². The molecular formula is C24H20N2O2S2. The number of carbonyl (C=O) groups is 1. The lowest BCUT2D eigenvalue weighted by Crippen LogP contribution is -2.13. The number of ether oxygens (including phenoxy) is 1. The molecule has 3 aromatic carbocycles. The Bertz CT molecular complexity index is 1160. The fourth-order valence-electron chi connectivity index (χ4n) is 3.08. The van der Waals surface area contributed by atoms with Crippen LogP contribution in [0.5, 0.6) is 5.75 Å². The van der Waals surface area contributed by atoms with Gasteiger partial charge in [-0.05, 0) is 35.6 Å². The number of methoxy groups -OCH3 is 1. The Morgan fingerprint density at radius 2 is 1.67 bits per heavy atom. The smallest absolute Gasteiger partial charge is 0.261 e. The van der Waals surface area contributed by atoms with E-state index in [4.69, 9.17) is 4.74 Å². The number of aromatic nitrogens is 1. The van der Waals surface area contributed by atoms with Crippen molar-refractivity contribution in [2.75, 3.05) is 18.7 Å². The minimum atomic E-state index is -0.236. The highest BCUT2D eigenvalue weighted by Crippen LogP contribution is 2.29. The number of thioether (sulfide) groups is 1. The predicted octanol–water partition coefficient (Wildman–Crippen LogP) is 6.46. The molecule has 1 amide bonds. The van der Waals surface area contributed by atoms with Crippen LogP contribution in [0.3, 0.4) is 0 Å². The van der Waals surface area contributed by atoms with Gasteiger partial charge in [0.25, 0.3) is 5.91 Å². The van der Waals surface area contributed by atoms with Crippen molar-refractivity contribution in [3.8, 4) is 28.1 Å². The van der Waals surface area contributed by atoms with Gasteiger partial charge in [0, 0.05) is 15.8 Å². The molecule has 0 atom stereocenters. The lowest BCUT2D eigenvalue weighted by atomic mass is 10.0. The van der Waals surface area contributed by atoms with Crippen LogP contribution < -0.4 is 10.1 Å². The van der Waals surface area contributed by atoms with Crippen LogP contribution in [0.25, 0.3) is 22.4 Å². The number of anilines is 1. The Labute approximate surface area is 184 Å². The zero-order valence-electron chi connectivity index (χ0n) is 16.6. The average molecular weight is 433 g/mol. The van der Waals surface area contributed by atoms with Crippen molar-refractivity contribution in [1.29, 1.82) is 0 Å². The van der Waals surface area contributed by atoms with Crippen molar-refractivity contribution in [2.45, 2.75) is 4.90 Å². The molecule has 0 fully saturated rings. The van der Waals surface area contributed by atoms with E-state index in [9.17, 15) is 4.79 Å². The first-order valence-corrected chi connectivity index (χ1v) is 11.4. The molecule has 4 aromatic rings. The van der Waals surface area contributed by atoms with Crippen molar-refractivity contribution < 1.29 is 9.53 Å². The summed E-state index contributed by atoms with van der Waals surface area (Å²) in [5.74, 6) is 0.312. The molecule has 30 heavy (non-hydrogen) atoms.